The molecule has 326 valence electrons. The minimum absolute atomic E-state index is 0.0142. The predicted molar refractivity (Wildman–Crippen MR) is 237 cm³/mol. The predicted octanol–water partition coefficient (Wildman–Crippen LogP) is 9.86. The molecule has 1 aliphatic rings. The van der Waals surface area contributed by atoms with Gasteiger partial charge in [0.25, 0.3) is 17.7 Å². The summed E-state index contributed by atoms with van der Waals surface area (Å²) in [7, 11) is 6.22. The first-order valence-corrected chi connectivity index (χ1v) is 19.2. The third-order valence-electron chi connectivity index (χ3n) is 9.02. The van der Waals surface area contributed by atoms with E-state index in [1.807, 2.05) is 5.16 Å². The highest BCUT2D eigenvalue weighted by molar-refractivity contribution is 7.81. The lowest BCUT2D eigenvalue weighted by molar-refractivity contribution is -0.137. The third-order valence-corrected chi connectivity index (χ3v) is 9.48. The minimum atomic E-state index is -4.57. The van der Waals surface area contributed by atoms with E-state index < -0.39 is 51.8 Å². The van der Waals surface area contributed by atoms with Gasteiger partial charge in [-0.25, -0.2) is 13.6 Å². The van der Waals surface area contributed by atoms with Gasteiger partial charge in [0.05, 0.1) is 51.8 Å². The molecule has 0 radical (unpaired) electrons. The Labute approximate surface area is 372 Å². The summed E-state index contributed by atoms with van der Waals surface area (Å²) in [6.45, 7) is 15.8. The van der Waals surface area contributed by atoms with Crippen LogP contribution in [0.15, 0.2) is 77.8 Å². The van der Waals surface area contributed by atoms with Gasteiger partial charge in [0.1, 0.15) is 22.7 Å². The average molecular weight is 902 g/mol. The first-order valence-electron chi connectivity index (χ1n) is 18.3. The van der Waals surface area contributed by atoms with Crippen LogP contribution in [0.5, 0.6) is 0 Å². The number of anilines is 3. The van der Waals surface area contributed by atoms with E-state index >= 15 is 0 Å². The van der Waals surface area contributed by atoms with Crippen LogP contribution in [0.3, 0.4) is 0 Å². The molecule has 0 saturated carbocycles. The molecule has 1 heterocycles. The number of aliphatic imine (C=N–C) groups is 1. The number of amides is 3. The van der Waals surface area contributed by atoms with Crippen molar-refractivity contribution >= 4 is 80.9 Å². The lowest BCUT2D eigenvalue weighted by atomic mass is 10.0. The van der Waals surface area contributed by atoms with Gasteiger partial charge in [-0.05, 0) is 131 Å². The Morgan fingerprint density at radius 3 is 1.89 bits per heavy atom. The molecule has 3 amide bonds. The van der Waals surface area contributed by atoms with E-state index in [-0.39, 0.29) is 27.8 Å². The van der Waals surface area contributed by atoms with E-state index in [1.54, 1.807) is 98.0 Å². The molecule has 0 spiro atoms. The summed E-state index contributed by atoms with van der Waals surface area (Å²) in [6, 6.07) is 20.1. The number of carbonyl (C=O) groups excluding carboxylic acids is 3. The molecule has 5 rings (SSSR count). The molecule has 4 aromatic rings. The Kier molecular flexibility index (Phi) is 16.1. The summed E-state index contributed by atoms with van der Waals surface area (Å²) in [5.74, 6) is -2.40. The zero-order chi connectivity index (χ0) is 47.8. The van der Waals surface area contributed by atoms with Crippen molar-refractivity contribution in [1.29, 1.82) is 10.5 Å². The van der Waals surface area contributed by atoms with Crippen LogP contribution in [0, 0.1) is 47.8 Å². The number of alkyl halides is 3. The van der Waals surface area contributed by atoms with Crippen molar-refractivity contribution < 1.29 is 36.3 Å². The maximum absolute atomic E-state index is 14.7. The number of nitrogens with zero attached hydrogens (tertiary/aromatic N) is 8. The number of aryl methyl sites for hydroxylation is 1. The highest BCUT2D eigenvalue weighted by Gasteiger charge is 2.50. The fraction of sp³-hybridized carbons (Fsp3) is 0.273. The third kappa shape index (κ3) is 11.8. The molecule has 0 aliphatic carbocycles. The average Bonchev–Trinajstić information content (AvgIpc) is 3.38. The van der Waals surface area contributed by atoms with Gasteiger partial charge in [0.15, 0.2) is 10.8 Å². The molecule has 63 heavy (non-hydrogen) atoms. The molecule has 0 unspecified atom stereocenters. The molecule has 1 aliphatic heterocycles. The molecule has 0 bridgehead atoms. The van der Waals surface area contributed by atoms with E-state index in [1.165, 1.54) is 51.1 Å². The number of nitriles is 2. The van der Waals surface area contributed by atoms with Gasteiger partial charge in [-0.2, -0.15) is 28.7 Å². The van der Waals surface area contributed by atoms with Crippen LogP contribution in [0.4, 0.5) is 50.4 Å². The van der Waals surface area contributed by atoms with Gasteiger partial charge in [-0.15, -0.1) is 0 Å². The zero-order valence-corrected chi connectivity index (χ0v) is 37.1. The second kappa shape index (κ2) is 20.2. The van der Waals surface area contributed by atoms with Gasteiger partial charge < -0.3 is 20.0 Å². The van der Waals surface area contributed by atoms with Crippen molar-refractivity contribution in [3.63, 3.8) is 0 Å². The molecule has 12 nitrogen and oxygen atoms in total. The van der Waals surface area contributed by atoms with Crippen molar-refractivity contribution in [3.05, 3.63) is 124 Å². The second-order valence-corrected chi connectivity index (χ2v) is 15.6. The van der Waals surface area contributed by atoms with E-state index in [0.29, 0.717) is 22.7 Å². The van der Waals surface area contributed by atoms with Crippen molar-refractivity contribution in [1.82, 2.24) is 9.80 Å². The number of hydrogen-bond acceptors (Lipinski definition) is 9. The molecular weight excluding hydrogens is 862 g/mol. The normalized spacial score (nSPS) is 12.8. The number of carbonyl (C=O) groups is 3. The minimum Gasteiger partial charge on any atom is -0.368 e. The standard InChI is InChI=1S/C22H21FN4O2S.C13H16FN3O.C9H3F3N2S/c1-13-11-14(8-10-18(13)24-4)26-20(29)22(2,3)27(21(26)30)15-7-9-16(17(23)12-15)19(28)25(5)6;1-13(2,8-15)16-9-5-6-10(11(14)7-9)12(18)17(3)4;10-9(11,12)8-3-7(14-5-15)2-1-6(8)4-13/h7-12H,1-3,5-6H3;5-7,16H,1-4H3;1-3H. The van der Waals surface area contributed by atoms with Gasteiger partial charge >= 0.3 is 6.18 Å². The Hall–Kier alpha value is -7.10. The number of halogens is 5. The molecule has 0 aromatic heterocycles. The highest BCUT2D eigenvalue weighted by atomic mass is 32.1. The van der Waals surface area contributed by atoms with E-state index in [4.69, 9.17) is 29.3 Å². The van der Waals surface area contributed by atoms with E-state index in [2.05, 4.69) is 33.4 Å². The van der Waals surface area contributed by atoms with Crippen molar-refractivity contribution in [2.75, 3.05) is 43.3 Å². The summed E-state index contributed by atoms with van der Waals surface area (Å²) < 4.78 is 65.7. The van der Waals surface area contributed by atoms with Crippen LogP contribution in [-0.4, -0.2) is 77.1 Å². The first-order chi connectivity index (χ1) is 29.3. The lowest BCUT2D eigenvalue weighted by Gasteiger charge is -2.29. The van der Waals surface area contributed by atoms with Crippen LogP contribution in [-0.2, 0) is 11.0 Å². The number of nitrogens with one attached hydrogen (secondary N) is 1. The van der Waals surface area contributed by atoms with Crippen LogP contribution >= 0.6 is 24.4 Å². The SMILES string of the molecule is CN(C)C(=O)c1ccc(NC(C)(C)C#N)cc1F.N#Cc1ccc(N=C=S)cc1C(F)(F)F.[C-]#[N+]c1ccc(N2C(=O)C(C)(C)N(c3ccc(C(=O)N(C)C)c(F)c3)C2=S)cc1C. The molecule has 4 aromatic carbocycles. The molecule has 1 fully saturated rings. The maximum atomic E-state index is 14.7. The monoisotopic (exact) mass is 901 g/mol. The van der Waals surface area contributed by atoms with Gasteiger partial charge in [0, 0.05) is 45.3 Å². The molecule has 1 N–H and O–H groups in total. The largest absolute Gasteiger partial charge is 0.417 e. The summed E-state index contributed by atoms with van der Waals surface area (Å²) in [5.41, 5.74) is -0.715. The Balaban J connectivity index is 0.000000273. The van der Waals surface area contributed by atoms with E-state index in [9.17, 15) is 36.3 Å². The molecule has 1 saturated heterocycles. The number of isothiocyanates is 1. The fourth-order valence-electron chi connectivity index (χ4n) is 5.80. The lowest BCUT2D eigenvalue weighted by Crippen LogP contribution is -2.44. The molecule has 0 atom stereocenters. The summed E-state index contributed by atoms with van der Waals surface area (Å²) in [5, 5.41) is 22.4. The van der Waals surface area contributed by atoms with Crippen molar-refractivity contribution in [2.45, 2.75) is 51.9 Å². The Morgan fingerprint density at radius 1 is 0.873 bits per heavy atom. The van der Waals surface area contributed by atoms with Gasteiger partial charge in [-0.3, -0.25) is 19.3 Å². The van der Waals surface area contributed by atoms with Crippen LogP contribution in [0.25, 0.3) is 4.85 Å². The summed E-state index contributed by atoms with van der Waals surface area (Å²) >= 11 is 9.87. The molecule has 19 heteroatoms. The smallest absolute Gasteiger partial charge is 0.368 e. The summed E-state index contributed by atoms with van der Waals surface area (Å²) in [6.07, 6.45) is -4.57. The first kappa shape index (κ1) is 50.3. The van der Waals surface area contributed by atoms with Crippen LogP contribution in [0.1, 0.15) is 65.1 Å². The van der Waals surface area contributed by atoms with Crippen molar-refractivity contribution in [3.8, 4) is 12.1 Å². The maximum Gasteiger partial charge on any atom is 0.417 e. The fourth-order valence-corrected chi connectivity index (χ4v) is 6.43. The van der Waals surface area contributed by atoms with Crippen molar-refractivity contribution in [2.24, 2.45) is 4.99 Å². The Morgan fingerprint density at radius 2 is 1.43 bits per heavy atom. The topological polar surface area (TPSA) is 140 Å². The van der Waals surface area contributed by atoms with Gasteiger partial charge in [0.2, 0.25) is 0 Å². The number of hydrogen-bond donors (Lipinski definition) is 1. The number of benzene rings is 4. The van der Waals surface area contributed by atoms with E-state index in [0.717, 1.165) is 17.7 Å². The number of rotatable bonds is 7. The second-order valence-electron chi connectivity index (χ2n) is 15.1. The quantitative estimate of drug-likeness (QED) is 0.0831. The summed E-state index contributed by atoms with van der Waals surface area (Å²) in [4.78, 5) is 49.4. The zero-order valence-electron chi connectivity index (χ0n) is 35.4. The Bertz CT molecular complexity index is 2640. The van der Waals surface area contributed by atoms with Gasteiger partial charge in [-0.1, -0.05) is 6.07 Å². The number of thiocarbonyl (C=S) groups is 2. The molecular formula is C44H40F5N9O3S2. The highest BCUT2D eigenvalue weighted by Crippen LogP contribution is 2.38. The van der Waals surface area contributed by atoms with Crippen LogP contribution in [0.2, 0.25) is 0 Å². The van der Waals surface area contributed by atoms with Crippen LogP contribution < -0.4 is 15.1 Å².